The zero-order valence-corrected chi connectivity index (χ0v) is 14.7. The van der Waals surface area contributed by atoms with E-state index in [0.29, 0.717) is 11.4 Å². The highest BCUT2D eigenvalue weighted by atomic mass is 35.5. The van der Waals surface area contributed by atoms with Crippen LogP contribution in [0.15, 0.2) is 59.8 Å². The largest absolute Gasteiger partial charge is 0.435 e. The van der Waals surface area contributed by atoms with Gasteiger partial charge in [-0.1, -0.05) is 18.5 Å². The molecule has 0 saturated carbocycles. The SMILES string of the molecule is CC/C(=N\Nc1ccnc2cc(Cl)ccc12)c1ccc(OC(F)F)cc1. The molecule has 0 aliphatic heterocycles. The van der Waals surface area contributed by atoms with Gasteiger partial charge in [0.05, 0.1) is 16.9 Å². The smallest absolute Gasteiger partial charge is 0.387 e. The number of rotatable bonds is 6. The van der Waals surface area contributed by atoms with Gasteiger partial charge in [0.25, 0.3) is 0 Å². The first-order chi connectivity index (χ1) is 12.6. The molecular weight excluding hydrogens is 360 g/mol. The third kappa shape index (κ3) is 4.26. The highest BCUT2D eigenvalue weighted by Crippen LogP contribution is 2.24. The molecule has 3 rings (SSSR count). The van der Waals surface area contributed by atoms with Crippen LogP contribution in [0.1, 0.15) is 18.9 Å². The number of benzene rings is 2. The van der Waals surface area contributed by atoms with E-state index in [2.05, 4.69) is 20.2 Å². The van der Waals surface area contributed by atoms with Crippen LogP contribution in [0.3, 0.4) is 0 Å². The number of alkyl halides is 2. The lowest BCUT2D eigenvalue weighted by molar-refractivity contribution is -0.0498. The second kappa shape index (κ2) is 8.10. The van der Waals surface area contributed by atoms with Gasteiger partial charge in [0.15, 0.2) is 0 Å². The highest BCUT2D eigenvalue weighted by molar-refractivity contribution is 6.31. The Balaban J connectivity index is 1.84. The van der Waals surface area contributed by atoms with E-state index in [1.54, 1.807) is 30.5 Å². The van der Waals surface area contributed by atoms with Gasteiger partial charge in [0.1, 0.15) is 5.75 Å². The molecule has 0 fully saturated rings. The number of nitrogens with one attached hydrogen (secondary N) is 1. The molecule has 7 heteroatoms. The average Bonchev–Trinajstić information content (AvgIpc) is 2.62. The van der Waals surface area contributed by atoms with Crippen molar-refractivity contribution >= 4 is 33.9 Å². The Morgan fingerprint density at radius 2 is 1.96 bits per heavy atom. The van der Waals surface area contributed by atoms with Gasteiger partial charge in [-0.2, -0.15) is 13.9 Å². The van der Waals surface area contributed by atoms with Gasteiger partial charge in [-0.15, -0.1) is 0 Å². The Kier molecular flexibility index (Phi) is 5.63. The van der Waals surface area contributed by atoms with E-state index in [4.69, 9.17) is 11.6 Å². The minimum absolute atomic E-state index is 0.115. The molecule has 0 atom stereocenters. The maximum atomic E-state index is 12.2. The lowest BCUT2D eigenvalue weighted by Crippen LogP contribution is -2.05. The molecule has 0 saturated heterocycles. The van der Waals surface area contributed by atoms with Crippen molar-refractivity contribution in [3.05, 3.63) is 65.3 Å². The molecule has 0 radical (unpaired) electrons. The van der Waals surface area contributed by atoms with Crippen molar-refractivity contribution in [3.63, 3.8) is 0 Å². The van der Waals surface area contributed by atoms with E-state index >= 15 is 0 Å². The van der Waals surface area contributed by atoms with E-state index < -0.39 is 6.61 Å². The van der Waals surface area contributed by atoms with Crippen LogP contribution in [0, 0.1) is 0 Å². The molecule has 0 aliphatic rings. The summed E-state index contributed by atoms with van der Waals surface area (Å²) in [6, 6.07) is 13.7. The topological polar surface area (TPSA) is 46.5 Å². The number of hydrazone groups is 1. The summed E-state index contributed by atoms with van der Waals surface area (Å²) in [6.45, 7) is -0.871. The molecule has 1 aromatic heterocycles. The van der Waals surface area contributed by atoms with Crippen LogP contribution in [0.25, 0.3) is 10.9 Å². The number of hydrogen-bond donors (Lipinski definition) is 1. The molecule has 3 aromatic rings. The molecule has 1 heterocycles. The van der Waals surface area contributed by atoms with Crippen molar-refractivity contribution in [1.29, 1.82) is 0 Å². The van der Waals surface area contributed by atoms with Crippen LogP contribution < -0.4 is 10.2 Å². The number of aromatic nitrogens is 1. The standard InChI is InChI=1S/C19H16ClF2N3O/c1-2-16(12-3-6-14(7-4-12)26-19(21)22)24-25-17-9-10-23-18-11-13(20)5-8-15(17)18/h3-11,19H,2H2,1H3,(H,23,25)/b24-16+. The number of nitrogens with zero attached hydrogens (tertiary/aromatic N) is 2. The molecule has 1 N–H and O–H groups in total. The number of pyridine rings is 1. The summed E-state index contributed by atoms with van der Waals surface area (Å²) in [7, 11) is 0. The molecule has 0 spiro atoms. The van der Waals surface area contributed by atoms with Crippen LogP contribution >= 0.6 is 11.6 Å². The van der Waals surface area contributed by atoms with Gasteiger partial charge in [-0.25, -0.2) is 0 Å². The fraction of sp³-hybridized carbons (Fsp3) is 0.158. The molecule has 26 heavy (non-hydrogen) atoms. The predicted molar refractivity (Wildman–Crippen MR) is 100 cm³/mol. The molecule has 4 nitrogen and oxygen atoms in total. The molecule has 0 bridgehead atoms. The minimum Gasteiger partial charge on any atom is -0.435 e. The average molecular weight is 376 g/mol. The van der Waals surface area contributed by atoms with Gasteiger partial charge in [-0.05, 0) is 60.5 Å². The van der Waals surface area contributed by atoms with Gasteiger partial charge in [0.2, 0.25) is 0 Å². The van der Waals surface area contributed by atoms with Crippen LogP contribution in [0.4, 0.5) is 14.5 Å². The first kappa shape index (κ1) is 18.1. The number of halogens is 3. The summed E-state index contributed by atoms with van der Waals surface area (Å²) in [4.78, 5) is 4.29. The molecular formula is C19H16ClF2N3O. The predicted octanol–water partition coefficient (Wildman–Crippen LogP) is 5.72. The third-order valence-corrected chi connectivity index (χ3v) is 4.00. The van der Waals surface area contributed by atoms with Crippen LogP contribution in [0.2, 0.25) is 5.02 Å². The monoisotopic (exact) mass is 375 g/mol. The van der Waals surface area contributed by atoms with Gasteiger partial charge in [0, 0.05) is 16.6 Å². The lowest BCUT2D eigenvalue weighted by Gasteiger charge is -2.09. The van der Waals surface area contributed by atoms with Crippen LogP contribution in [-0.4, -0.2) is 17.3 Å². The highest BCUT2D eigenvalue weighted by Gasteiger charge is 2.07. The Bertz CT molecular complexity index is 930. The molecule has 0 aliphatic carbocycles. The second-order valence-electron chi connectivity index (χ2n) is 5.45. The van der Waals surface area contributed by atoms with Crippen molar-refractivity contribution in [2.45, 2.75) is 20.0 Å². The van der Waals surface area contributed by atoms with Gasteiger partial charge < -0.3 is 4.74 Å². The summed E-state index contributed by atoms with van der Waals surface area (Å²) < 4.78 is 28.8. The van der Waals surface area contributed by atoms with Crippen LogP contribution in [-0.2, 0) is 0 Å². The fourth-order valence-corrected chi connectivity index (χ4v) is 2.69. The van der Waals surface area contributed by atoms with Gasteiger partial charge >= 0.3 is 6.61 Å². The number of hydrogen-bond acceptors (Lipinski definition) is 4. The first-order valence-electron chi connectivity index (χ1n) is 7.99. The van der Waals surface area contributed by atoms with Crippen molar-refractivity contribution in [2.75, 3.05) is 5.43 Å². The maximum Gasteiger partial charge on any atom is 0.387 e. The zero-order chi connectivity index (χ0) is 18.5. The summed E-state index contributed by atoms with van der Waals surface area (Å²) in [5.74, 6) is 0.115. The molecule has 0 amide bonds. The van der Waals surface area contributed by atoms with Crippen molar-refractivity contribution in [3.8, 4) is 5.75 Å². The summed E-state index contributed by atoms with van der Waals surface area (Å²) in [5, 5.41) is 5.98. The van der Waals surface area contributed by atoms with E-state index in [9.17, 15) is 8.78 Å². The van der Waals surface area contributed by atoms with Crippen molar-refractivity contribution in [1.82, 2.24) is 4.98 Å². The minimum atomic E-state index is -2.84. The number of anilines is 1. The Hall–Kier alpha value is -2.73. The Labute approximate surface area is 154 Å². The normalized spacial score (nSPS) is 11.8. The number of fused-ring (bicyclic) bond motifs is 1. The van der Waals surface area contributed by atoms with Crippen molar-refractivity contribution < 1.29 is 13.5 Å². The molecule has 2 aromatic carbocycles. The quantitative estimate of drug-likeness (QED) is 0.443. The van der Waals surface area contributed by atoms with Gasteiger partial charge in [-0.3, -0.25) is 10.4 Å². The van der Waals surface area contributed by atoms with E-state index in [0.717, 1.165) is 27.9 Å². The van der Waals surface area contributed by atoms with E-state index in [1.165, 1.54) is 12.1 Å². The van der Waals surface area contributed by atoms with E-state index in [-0.39, 0.29) is 5.75 Å². The maximum absolute atomic E-state index is 12.2. The fourth-order valence-electron chi connectivity index (χ4n) is 2.52. The Morgan fingerprint density at radius 1 is 1.19 bits per heavy atom. The number of ether oxygens (including phenoxy) is 1. The summed E-state index contributed by atoms with van der Waals surface area (Å²) in [6.07, 6.45) is 2.34. The van der Waals surface area contributed by atoms with E-state index in [1.807, 2.05) is 19.1 Å². The lowest BCUT2D eigenvalue weighted by atomic mass is 10.1. The van der Waals surface area contributed by atoms with Crippen molar-refractivity contribution in [2.24, 2.45) is 5.10 Å². The zero-order valence-electron chi connectivity index (χ0n) is 13.9. The first-order valence-corrected chi connectivity index (χ1v) is 8.36. The summed E-state index contributed by atoms with van der Waals surface area (Å²) in [5.41, 5.74) is 6.23. The van der Waals surface area contributed by atoms with Crippen LogP contribution in [0.5, 0.6) is 5.75 Å². The molecule has 0 unspecified atom stereocenters. The molecule has 134 valence electrons. The Morgan fingerprint density at radius 3 is 2.65 bits per heavy atom. The third-order valence-electron chi connectivity index (χ3n) is 3.76. The summed E-state index contributed by atoms with van der Waals surface area (Å²) >= 11 is 6.00. The second-order valence-corrected chi connectivity index (χ2v) is 5.88.